The number of nitrogens with zero attached hydrogens (tertiary/aromatic N) is 2. The van der Waals surface area contributed by atoms with Crippen LogP contribution in [-0.4, -0.2) is 30.1 Å². The van der Waals surface area contributed by atoms with E-state index in [1.807, 2.05) is 18.9 Å². The Morgan fingerprint density at radius 2 is 2.06 bits per heavy atom. The van der Waals surface area contributed by atoms with Gasteiger partial charge in [0.25, 0.3) is 0 Å². The fraction of sp³-hybridized carbons (Fsp3) is 0.357. The first kappa shape index (κ1) is 13.4. The van der Waals surface area contributed by atoms with Crippen LogP contribution in [0.5, 0.6) is 0 Å². The third-order valence-electron chi connectivity index (χ3n) is 2.45. The number of aliphatic hydroxyl groups is 1. The molecule has 1 N–H and O–H groups in total. The summed E-state index contributed by atoms with van der Waals surface area (Å²) in [6.07, 6.45) is -0.535. The van der Waals surface area contributed by atoms with Gasteiger partial charge < -0.3 is 5.11 Å². The average molecular weight is 230 g/mol. The zero-order chi connectivity index (χ0) is 12.8. The molecule has 1 unspecified atom stereocenters. The molecule has 0 aromatic heterocycles. The second-order valence-electron chi connectivity index (χ2n) is 4.40. The topological polar surface area (TPSA) is 47.3 Å². The summed E-state index contributed by atoms with van der Waals surface area (Å²) < 4.78 is 0. The second-order valence-corrected chi connectivity index (χ2v) is 4.40. The first-order chi connectivity index (χ1) is 8.02. The molecule has 0 amide bonds. The zero-order valence-corrected chi connectivity index (χ0v) is 10.3. The van der Waals surface area contributed by atoms with E-state index in [0.29, 0.717) is 12.1 Å². The molecule has 0 bridgehead atoms. The summed E-state index contributed by atoms with van der Waals surface area (Å²) in [6, 6.07) is 9.07. The number of benzene rings is 1. The summed E-state index contributed by atoms with van der Waals surface area (Å²) in [5, 5.41) is 18.7. The lowest BCUT2D eigenvalue weighted by atomic mass is 10.1. The van der Waals surface area contributed by atoms with Gasteiger partial charge in [-0.1, -0.05) is 24.3 Å². The molecule has 0 radical (unpaired) electrons. The number of rotatable bonds is 5. The quantitative estimate of drug-likeness (QED) is 0.788. The summed E-state index contributed by atoms with van der Waals surface area (Å²) >= 11 is 0. The van der Waals surface area contributed by atoms with Gasteiger partial charge in [-0.05, 0) is 31.7 Å². The smallest absolute Gasteiger partial charge is 0.0991 e. The maximum atomic E-state index is 10.0. The molecule has 90 valence electrons. The van der Waals surface area contributed by atoms with E-state index in [4.69, 9.17) is 5.26 Å². The average Bonchev–Trinajstić information content (AvgIpc) is 2.28. The van der Waals surface area contributed by atoms with Gasteiger partial charge in [-0.25, -0.2) is 0 Å². The Labute approximate surface area is 103 Å². The molecule has 3 heteroatoms. The van der Waals surface area contributed by atoms with Crippen molar-refractivity contribution in [2.24, 2.45) is 0 Å². The number of likely N-dealkylation sites (N-methyl/N-ethyl adjacent to an activating group) is 1. The van der Waals surface area contributed by atoms with E-state index in [2.05, 4.69) is 12.6 Å². The van der Waals surface area contributed by atoms with Crippen LogP contribution in [0.4, 0.5) is 0 Å². The highest BCUT2D eigenvalue weighted by atomic mass is 16.3. The van der Waals surface area contributed by atoms with Crippen molar-refractivity contribution < 1.29 is 5.11 Å². The molecule has 0 fully saturated rings. The molecule has 1 rings (SSSR count). The number of aliphatic hydroxyl groups excluding tert-OH is 1. The van der Waals surface area contributed by atoms with Gasteiger partial charge in [-0.2, -0.15) is 5.26 Å². The molecule has 0 saturated carbocycles. The molecule has 0 aliphatic carbocycles. The highest BCUT2D eigenvalue weighted by molar-refractivity contribution is 5.32. The predicted octanol–water partition coefficient (Wildman–Crippen LogP) is 2.10. The van der Waals surface area contributed by atoms with Crippen molar-refractivity contribution in [3.8, 4) is 6.07 Å². The molecule has 17 heavy (non-hydrogen) atoms. The third kappa shape index (κ3) is 4.39. The Balaban J connectivity index is 2.60. The van der Waals surface area contributed by atoms with Crippen LogP contribution in [-0.2, 0) is 0 Å². The number of hydrogen-bond donors (Lipinski definition) is 1. The van der Waals surface area contributed by atoms with Crippen molar-refractivity contribution in [3.63, 3.8) is 0 Å². The predicted molar refractivity (Wildman–Crippen MR) is 68.4 cm³/mol. The van der Waals surface area contributed by atoms with Crippen molar-refractivity contribution in [1.82, 2.24) is 4.90 Å². The molecule has 0 aliphatic heterocycles. The molecule has 0 saturated heterocycles. The fourth-order valence-corrected chi connectivity index (χ4v) is 1.71. The highest BCUT2D eigenvalue weighted by Gasteiger charge is 2.10. The van der Waals surface area contributed by atoms with Crippen LogP contribution in [0, 0.1) is 11.3 Å². The molecule has 0 spiro atoms. The normalized spacial score (nSPS) is 12.2. The molecule has 0 aliphatic rings. The van der Waals surface area contributed by atoms with Gasteiger partial charge in [0, 0.05) is 13.1 Å². The van der Waals surface area contributed by atoms with E-state index in [-0.39, 0.29) is 0 Å². The highest BCUT2D eigenvalue weighted by Crippen LogP contribution is 2.14. The van der Waals surface area contributed by atoms with E-state index in [0.717, 1.165) is 17.7 Å². The standard InChI is InChI=1S/C14H18N2O/c1-11(2)9-16(3)10-14(17)13-6-4-12(8-15)5-7-13/h4-7,14,17H,1,9-10H2,2-3H3. The SMILES string of the molecule is C=C(C)CN(C)CC(O)c1ccc(C#N)cc1. The zero-order valence-electron chi connectivity index (χ0n) is 10.3. The van der Waals surface area contributed by atoms with Crippen LogP contribution in [0.3, 0.4) is 0 Å². The van der Waals surface area contributed by atoms with Crippen LogP contribution in [0.1, 0.15) is 24.2 Å². The molecular formula is C14H18N2O. The summed E-state index contributed by atoms with van der Waals surface area (Å²) in [5.74, 6) is 0. The molecular weight excluding hydrogens is 212 g/mol. The Kier molecular flexibility index (Phi) is 4.89. The largest absolute Gasteiger partial charge is 0.387 e. The summed E-state index contributed by atoms with van der Waals surface area (Å²) in [5.41, 5.74) is 2.51. The van der Waals surface area contributed by atoms with Crippen molar-refractivity contribution in [3.05, 3.63) is 47.5 Å². The van der Waals surface area contributed by atoms with Gasteiger partial charge >= 0.3 is 0 Å². The van der Waals surface area contributed by atoms with E-state index >= 15 is 0 Å². The van der Waals surface area contributed by atoms with Crippen molar-refractivity contribution in [2.45, 2.75) is 13.0 Å². The summed E-state index contributed by atoms with van der Waals surface area (Å²) in [6.45, 7) is 7.13. The minimum Gasteiger partial charge on any atom is -0.387 e. The van der Waals surface area contributed by atoms with Gasteiger partial charge in [0.05, 0.1) is 17.7 Å². The first-order valence-corrected chi connectivity index (χ1v) is 5.54. The molecule has 3 nitrogen and oxygen atoms in total. The minimum atomic E-state index is -0.535. The lowest BCUT2D eigenvalue weighted by Crippen LogP contribution is -2.26. The Bertz CT molecular complexity index is 417. The van der Waals surface area contributed by atoms with E-state index in [1.165, 1.54) is 0 Å². The lowest BCUT2D eigenvalue weighted by molar-refractivity contribution is 0.131. The van der Waals surface area contributed by atoms with Crippen molar-refractivity contribution >= 4 is 0 Å². The van der Waals surface area contributed by atoms with Crippen LogP contribution in [0.25, 0.3) is 0 Å². The Hall–Kier alpha value is -1.63. The third-order valence-corrected chi connectivity index (χ3v) is 2.45. The van der Waals surface area contributed by atoms with Crippen molar-refractivity contribution in [2.75, 3.05) is 20.1 Å². The lowest BCUT2D eigenvalue weighted by Gasteiger charge is -2.20. The Morgan fingerprint density at radius 3 is 2.53 bits per heavy atom. The van der Waals surface area contributed by atoms with E-state index in [1.54, 1.807) is 24.3 Å². The Morgan fingerprint density at radius 1 is 1.47 bits per heavy atom. The fourth-order valence-electron chi connectivity index (χ4n) is 1.71. The molecule has 1 atom stereocenters. The van der Waals surface area contributed by atoms with Crippen LogP contribution >= 0.6 is 0 Å². The molecule has 0 heterocycles. The number of hydrogen-bond acceptors (Lipinski definition) is 3. The maximum absolute atomic E-state index is 10.0. The van der Waals surface area contributed by atoms with Crippen molar-refractivity contribution in [1.29, 1.82) is 5.26 Å². The summed E-state index contributed by atoms with van der Waals surface area (Å²) in [7, 11) is 1.95. The molecule has 1 aromatic carbocycles. The van der Waals surface area contributed by atoms with Crippen LogP contribution < -0.4 is 0 Å². The van der Waals surface area contributed by atoms with Gasteiger partial charge in [-0.15, -0.1) is 0 Å². The van der Waals surface area contributed by atoms with E-state index in [9.17, 15) is 5.11 Å². The second kappa shape index (κ2) is 6.19. The van der Waals surface area contributed by atoms with E-state index < -0.39 is 6.10 Å². The van der Waals surface area contributed by atoms with Gasteiger partial charge in [0.2, 0.25) is 0 Å². The van der Waals surface area contributed by atoms with Gasteiger partial charge in [-0.3, -0.25) is 4.90 Å². The maximum Gasteiger partial charge on any atom is 0.0991 e. The monoisotopic (exact) mass is 230 g/mol. The number of nitriles is 1. The van der Waals surface area contributed by atoms with Gasteiger partial charge in [0.1, 0.15) is 0 Å². The molecule has 1 aromatic rings. The minimum absolute atomic E-state index is 0.535. The van der Waals surface area contributed by atoms with Crippen LogP contribution in [0.15, 0.2) is 36.4 Å². The summed E-state index contributed by atoms with van der Waals surface area (Å²) in [4.78, 5) is 2.02. The van der Waals surface area contributed by atoms with Gasteiger partial charge in [0.15, 0.2) is 0 Å². The first-order valence-electron chi connectivity index (χ1n) is 5.54. The van der Waals surface area contributed by atoms with Crippen LogP contribution in [0.2, 0.25) is 0 Å².